The number of amides is 2. The third kappa shape index (κ3) is 3.80. The van der Waals surface area contributed by atoms with Crippen LogP contribution in [0.5, 0.6) is 0 Å². The monoisotopic (exact) mass is 507 g/mol. The van der Waals surface area contributed by atoms with E-state index in [1.165, 1.54) is 11.1 Å². The zero-order valence-electron chi connectivity index (χ0n) is 19.3. The number of urea groups is 1. The number of fused-ring (bicyclic) bond motifs is 1. The average molecular weight is 507 g/mol. The van der Waals surface area contributed by atoms with Crippen LogP contribution < -0.4 is 5.32 Å². The first-order valence-electron chi connectivity index (χ1n) is 11.9. The molecule has 6 rings (SSSR count). The Morgan fingerprint density at radius 1 is 1.19 bits per heavy atom. The van der Waals surface area contributed by atoms with Gasteiger partial charge < -0.3 is 15.3 Å². The molecule has 13 heteroatoms. The molecule has 2 aliphatic carbocycles. The number of anilines is 1. The number of hydrogen-bond acceptors (Lipinski definition) is 5. The van der Waals surface area contributed by atoms with Crippen LogP contribution >= 0.6 is 0 Å². The lowest BCUT2D eigenvalue weighted by atomic mass is 9.82. The minimum Gasteiger partial charge on any atom is -0.380 e. The molecule has 3 aliphatic rings. The SMILES string of the molecule is O=C(Nc1cn[nH]c1-c1cc2nn(CC3(F)CCC3)cc2cn1)N1CC[C@](O)(C(F)(F)F)CC12CC2. The van der Waals surface area contributed by atoms with Crippen molar-refractivity contribution in [1.82, 2.24) is 29.9 Å². The zero-order valence-corrected chi connectivity index (χ0v) is 19.3. The highest BCUT2D eigenvalue weighted by Crippen LogP contribution is 2.55. The maximum absolute atomic E-state index is 14.5. The van der Waals surface area contributed by atoms with Gasteiger partial charge in [0.1, 0.15) is 11.4 Å². The van der Waals surface area contributed by atoms with Crippen molar-refractivity contribution in [2.24, 2.45) is 0 Å². The van der Waals surface area contributed by atoms with Gasteiger partial charge in [0, 0.05) is 42.7 Å². The molecule has 3 aromatic rings. The molecule has 0 radical (unpaired) electrons. The molecule has 1 atom stereocenters. The van der Waals surface area contributed by atoms with Crippen LogP contribution in [-0.4, -0.2) is 70.5 Å². The summed E-state index contributed by atoms with van der Waals surface area (Å²) in [6.45, 7) is -0.0316. The van der Waals surface area contributed by atoms with E-state index in [1.807, 2.05) is 0 Å². The number of likely N-dealkylation sites (tertiary alicyclic amines) is 1. The molecule has 0 aromatic carbocycles. The van der Waals surface area contributed by atoms with Crippen molar-refractivity contribution < 1.29 is 27.5 Å². The number of halogens is 4. The van der Waals surface area contributed by atoms with Crippen LogP contribution in [0.25, 0.3) is 22.3 Å². The Balaban J connectivity index is 1.20. The van der Waals surface area contributed by atoms with Gasteiger partial charge in [0.25, 0.3) is 0 Å². The van der Waals surface area contributed by atoms with Crippen LogP contribution in [0.15, 0.2) is 24.7 Å². The van der Waals surface area contributed by atoms with E-state index in [0.29, 0.717) is 48.3 Å². The summed E-state index contributed by atoms with van der Waals surface area (Å²) >= 11 is 0. The average Bonchev–Trinajstić information content (AvgIpc) is 3.20. The van der Waals surface area contributed by atoms with Gasteiger partial charge in [-0.05, 0) is 38.2 Å². The largest absolute Gasteiger partial charge is 0.417 e. The molecular weight excluding hydrogens is 482 g/mol. The number of nitrogens with one attached hydrogen (secondary N) is 2. The zero-order chi connectivity index (χ0) is 25.3. The summed E-state index contributed by atoms with van der Waals surface area (Å²) in [6, 6.07) is 1.14. The summed E-state index contributed by atoms with van der Waals surface area (Å²) in [5.41, 5.74) is -3.23. The van der Waals surface area contributed by atoms with Crippen molar-refractivity contribution in [3.8, 4) is 11.4 Å². The molecular formula is C23H25F4N7O2. The third-order valence-electron chi connectivity index (χ3n) is 7.81. The Bertz CT molecular complexity index is 1330. The van der Waals surface area contributed by atoms with Gasteiger partial charge in [-0.2, -0.15) is 23.4 Å². The van der Waals surface area contributed by atoms with E-state index in [2.05, 4.69) is 25.6 Å². The van der Waals surface area contributed by atoms with Crippen LogP contribution in [-0.2, 0) is 6.54 Å². The summed E-state index contributed by atoms with van der Waals surface area (Å²) in [5.74, 6) is 0. The second-order valence-corrected chi connectivity index (χ2v) is 10.4. The van der Waals surface area contributed by atoms with Crippen LogP contribution in [0.1, 0.15) is 44.9 Å². The number of alkyl halides is 4. The molecule has 1 saturated heterocycles. The molecule has 2 saturated carbocycles. The fraction of sp³-hybridized carbons (Fsp3) is 0.565. The van der Waals surface area contributed by atoms with Crippen LogP contribution in [0.3, 0.4) is 0 Å². The Kier molecular flexibility index (Phi) is 4.92. The molecule has 1 spiro atoms. The number of pyridine rings is 1. The maximum atomic E-state index is 14.5. The molecule has 192 valence electrons. The van der Waals surface area contributed by atoms with E-state index < -0.39 is 41.9 Å². The fourth-order valence-electron chi connectivity index (χ4n) is 5.37. The quantitative estimate of drug-likeness (QED) is 0.459. The Morgan fingerprint density at radius 3 is 2.64 bits per heavy atom. The second-order valence-electron chi connectivity index (χ2n) is 10.4. The lowest BCUT2D eigenvalue weighted by molar-refractivity contribution is -0.277. The first kappa shape index (κ1) is 23.2. The summed E-state index contributed by atoms with van der Waals surface area (Å²) in [6.07, 6.45) is 1.62. The van der Waals surface area contributed by atoms with E-state index >= 15 is 0 Å². The minimum absolute atomic E-state index is 0.184. The summed E-state index contributed by atoms with van der Waals surface area (Å²) in [7, 11) is 0. The number of carbonyl (C=O) groups is 1. The standard InChI is InChI=1S/C23H25F4N7O2/c24-20(2-1-3-20)13-33-11-14-9-28-16(8-15(14)32-33)18-17(10-29-31-18)30-19(35)34-7-6-22(36,23(25,26)27)12-21(34)4-5-21/h8-11,36H,1-7,12-13H2,(H,29,31)(H,30,35)/t22-/m1/s1. The molecule has 3 fully saturated rings. The van der Waals surface area contributed by atoms with Crippen LogP contribution in [0, 0.1) is 0 Å². The molecule has 36 heavy (non-hydrogen) atoms. The lowest BCUT2D eigenvalue weighted by Gasteiger charge is -2.45. The smallest absolute Gasteiger partial charge is 0.380 e. The van der Waals surface area contributed by atoms with E-state index in [0.717, 1.165) is 11.8 Å². The number of H-pyrrole nitrogens is 1. The normalized spacial score (nSPS) is 24.6. The number of carbonyl (C=O) groups excluding carboxylic acids is 1. The number of piperidine rings is 1. The van der Waals surface area contributed by atoms with Gasteiger partial charge in [-0.15, -0.1) is 0 Å². The van der Waals surface area contributed by atoms with Gasteiger partial charge in [0.2, 0.25) is 0 Å². The Labute approximate surface area is 202 Å². The van der Waals surface area contributed by atoms with E-state index in [-0.39, 0.29) is 13.1 Å². The molecule has 1 aliphatic heterocycles. The van der Waals surface area contributed by atoms with Gasteiger partial charge >= 0.3 is 12.2 Å². The lowest BCUT2D eigenvalue weighted by Crippen LogP contribution is -2.60. The molecule has 4 heterocycles. The van der Waals surface area contributed by atoms with Crippen molar-refractivity contribution in [3.63, 3.8) is 0 Å². The van der Waals surface area contributed by atoms with Crippen molar-refractivity contribution in [3.05, 3.63) is 24.7 Å². The van der Waals surface area contributed by atoms with E-state index in [4.69, 9.17) is 0 Å². The first-order valence-corrected chi connectivity index (χ1v) is 11.9. The number of aliphatic hydroxyl groups is 1. The Morgan fingerprint density at radius 2 is 1.97 bits per heavy atom. The second kappa shape index (κ2) is 7.64. The minimum atomic E-state index is -4.75. The number of aromatic amines is 1. The summed E-state index contributed by atoms with van der Waals surface area (Å²) in [4.78, 5) is 18.9. The number of nitrogens with zero attached hydrogens (tertiary/aromatic N) is 5. The Hall–Kier alpha value is -3.22. The summed E-state index contributed by atoms with van der Waals surface area (Å²) < 4.78 is 56.2. The summed E-state index contributed by atoms with van der Waals surface area (Å²) in [5, 5.41) is 24.9. The predicted octanol–water partition coefficient (Wildman–Crippen LogP) is 4.17. The van der Waals surface area contributed by atoms with Gasteiger partial charge in [-0.25, -0.2) is 9.18 Å². The van der Waals surface area contributed by atoms with Gasteiger partial charge in [0.15, 0.2) is 5.60 Å². The highest BCUT2D eigenvalue weighted by Gasteiger charge is 2.65. The number of hydrogen-bond donors (Lipinski definition) is 3. The third-order valence-corrected chi connectivity index (χ3v) is 7.81. The maximum Gasteiger partial charge on any atom is 0.417 e. The first-order chi connectivity index (χ1) is 17.0. The fourth-order valence-corrected chi connectivity index (χ4v) is 5.37. The van der Waals surface area contributed by atoms with Crippen LogP contribution in [0.2, 0.25) is 0 Å². The molecule has 3 N–H and O–H groups in total. The number of aromatic nitrogens is 5. The van der Waals surface area contributed by atoms with Crippen molar-refractivity contribution >= 4 is 22.6 Å². The highest BCUT2D eigenvalue weighted by atomic mass is 19.4. The van der Waals surface area contributed by atoms with Crippen molar-refractivity contribution in [2.45, 2.75) is 74.5 Å². The predicted molar refractivity (Wildman–Crippen MR) is 121 cm³/mol. The highest BCUT2D eigenvalue weighted by molar-refractivity contribution is 5.94. The van der Waals surface area contributed by atoms with Gasteiger partial charge in [-0.3, -0.25) is 14.8 Å². The molecule has 3 aromatic heterocycles. The van der Waals surface area contributed by atoms with E-state index in [1.54, 1.807) is 23.1 Å². The van der Waals surface area contributed by atoms with Crippen LogP contribution in [0.4, 0.5) is 28.0 Å². The van der Waals surface area contributed by atoms with Gasteiger partial charge in [-0.1, -0.05) is 0 Å². The topological polar surface area (TPSA) is 112 Å². The molecule has 9 nitrogen and oxygen atoms in total. The van der Waals surface area contributed by atoms with Crippen molar-refractivity contribution in [1.29, 1.82) is 0 Å². The van der Waals surface area contributed by atoms with E-state index in [9.17, 15) is 27.5 Å². The number of rotatable bonds is 4. The van der Waals surface area contributed by atoms with Gasteiger partial charge in [0.05, 0.1) is 29.6 Å². The molecule has 2 amide bonds. The molecule has 0 bridgehead atoms. The molecule has 0 unspecified atom stereocenters. The van der Waals surface area contributed by atoms with Crippen molar-refractivity contribution in [2.75, 3.05) is 11.9 Å².